The van der Waals surface area contributed by atoms with Gasteiger partial charge >= 0.3 is 0 Å². The maximum atomic E-state index is 12.2. The topological polar surface area (TPSA) is 59.8 Å². The minimum atomic E-state index is -0.382. The molecule has 2 rings (SSSR count). The van der Waals surface area contributed by atoms with Crippen LogP contribution in [0.25, 0.3) is 0 Å². The van der Waals surface area contributed by atoms with E-state index in [2.05, 4.69) is 19.2 Å². The highest BCUT2D eigenvalue weighted by Crippen LogP contribution is 2.30. The van der Waals surface area contributed by atoms with Crippen molar-refractivity contribution in [2.24, 2.45) is 0 Å². The molecule has 0 atom stereocenters. The molecule has 6 heteroatoms. The smallest absolute Gasteiger partial charge is 0.277 e. The fraction of sp³-hybridized carbons (Fsp3) is 0.933. The van der Waals surface area contributed by atoms with Crippen LogP contribution >= 0.6 is 0 Å². The fourth-order valence-corrected chi connectivity index (χ4v) is 3.15. The van der Waals surface area contributed by atoms with Crippen LogP contribution in [0.15, 0.2) is 0 Å². The Bertz CT molecular complexity index is 318. The Balaban J connectivity index is 1.61. The van der Waals surface area contributed by atoms with Gasteiger partial charge in [0, 0.05) is 25.9 Å². The van der Waals surface area contributed by atoms with E-state index in [0.29, 0.717) is 19.8 Å². The predicted molar refractivity (Wildman–Crippen MR) is 79.0 cm³/mol. The summed E-state index contributed by atoms with van der Waals surface area (Å²) in [5, 5.41) is 2.14. The summed E-state index contributed by atoms with van der Waals surface area (Å²) in [5.41, 5.74) is 0. The second kappa shape index (κ2) is 8.08. The molecule has 0 aromatic carbocycles. The number of ether oxygens (including phenoxy) is 2. The van der Waals surface area contributed by atoms with Crippen LogP contribution < -0.4 is 10.2 Å². The molecule has 1 spiro atoms. The van der Waals surface area contributed by atoms with Gasteiger partial charge in [-0.15, -0.1) is 0 Å². The number of piperidine rings is 1. The van der Waals surface area contributed by atoms with Crippen molar-refractivity contribution in [2.45, 2.75) is 32.5 Å². The van der Waals surface area contributed by atoms with Crippen molar-refractivity contribution in [3.05, 3.63) is 0 Å². The average molecular weight is 301 g/mol. The lowest BCUT2D eigenvalue weighted by atomic mass is 10.0. The van der Waals surface area contributed by atoms with Gasteiger partial charge in [0.2, 0.25) is 0 Å². The van der Waals surface area contributed by atoms with Gasteiger partial charge in [0.05, 0.1) is 26.3 Å². The first-order valence-corrected chi connectivity index (χ1v) is 8.40. The highest BCUT2D eigenvalue weighted by molar-refractivity contribution is 5.77. The number of carbonyl (C=O) groups excluding carboxylic acids is 1. The number of hydrogen-bond acceptors (Lipinski definition) is 3. The molecule has 0 bridgehead atoms. The van der Waals surface area contributed by atoms with Crippen molar-refractivity contribution in [3.8, 4) is 0 Å². The molecule has 3 N–H and O–H groups in total. The van der Waals surface area contributed by atoms with E-state index in [1.807, 2.05) is 4.90 Å². The van der Waals surface area contributed by atoms with E-state index in [-0.39, 0.29) is 11.7 Å². The van der Waals surface area contributed by atoms with Crippen molar-refractivity contribution >= 4 is 5.91 Å². The van der Waals surface area contributed by atoms with Crippen molar-refractivity contribution in [2.75, 3.05) is 59.0 Å². The van der Waals surface area contributed by atoms with E-state index in [1.165, 1.54) is 0 Å². The van der Waals surface area contributed by atoms with Crippen LogP contribution in [-0.4, -0.2) is 75.6 Å². The van der Waals surface area contributed by atoms with Gasteiger partial charge in [-0.3, -0.25) is 4.79 Å². The molecule has 0 saturated carbocycles. The molecule has 0 radical (unpaired) electrons. The quantitative estimate of drug-likeness (QED) is 0.527. The Morgan fingerprint density at radius 3 is 2.38 bits per heavy atom. The van der Waals surface area contributed by atoms with Crippen LogP contribution in [0.5, 0.6) is 0 Å². The Morgan fingerprint density at radius 2 is 1.81 bits per heavy atom. The first-order chi connectivity index (χ1) is 10.2. The fourth-order valence-electron chi connectivity index (χ4n) is 3.15. The molecule has 21 heavy (non-hydrogen) atoms. The normalized spacial score (nSPS) is 21.4. The Morgan fingerprint density at radius 1 is 1.19 bits per heavy atom. The summed E-state index contributed by atoms with van der Waals surface area (Å²) in [7, 11) is 0. The summed E-state index contributed by atoms with van der Waals surface area (Å²) in [6, 6.07) is 0. The summed E-state index contributed by atoms with van der Waals surface area (Å²) < 4.78 is 11.4. The van der Waals surface area contributed by atoms with Crippen molar-refractivity contribution in [1.82, 2.24) is 4.90 Å². The number of quaternary nitrogens is 2. The lowest BCUT2D eigenvalue weighted by Gasteiger charge is -2.37. The molecule has 0 unspecified atom stereocenters. The van der Waals surface area contributed by atoms with E-state index in [9.17, 15) is 4.79 Å². The van der Waals surface area contributed by atoms with Crippen molar-refractivity contribution in [1.29, 1.82) is 0 Å². The van der Waals surface area contributed by atoms with Crippen molar-refractivity contribution < 1.29 is 24.5 Å². The molecular weight excluding hydrogens is 270 g/mol. The first-order valence-electron chi connectivity index (χ1n) is 8.40. The molecule has 122 valence electrons. The summed E-state index contributed by atoms with van der Waals surface area (Å²) in [4.78, 5) is 15.7. The molecule has 6 nitrogen and oxygen atoms in total. The molecule has 0 aromatic heterocycles. The predicted octanol–water partition coefficient (Wildman–Crippen LogP) is -2.16. The molecule has 1 amide bonds. The average Bonchev–Trinajstić information content (AvgIpc) is 2.96. The number of carbonyl (C=O) groups is 1. The number of nitrogens with one attached hydrogen (secondary N) is 1. The van der Waals surface area contributed by atoms with Gasteiger partial charge in [-0.1, -0.05) is 0 Å². The molecule has 0 aliphatic carbocycles. The molecule has 2 saturated heterocycles. The summed E-state index contributed by atoms with van der Waals surface area (Å²) in [5.74, 6) is -0.135. The van der Waals surface area contributed by atoms with Gasteiger partial charge in [-0.05, 0) is 13.8 Å². The number of amides is 1. The van der Waals surface area contributed by atoms with Crippen LogP contribution in [0.2, 0.25) is 0 Å². The van der Waals surface area contributed by atoms with Gasteiger partial charge in [-0.25, -0.2) is 0 Å². The standard InChI is InChI=1S/C15H29N3O3/c1-3-17(4-2)10-7-16-13-14(19)18-8-5-15(6-9-18)20-11-12-21-15/h16H,3-13H2,1-2H3/p+2. The maximum Gasteiger partial charge on any atom is 0.277 e. The second-order valence-corrected chi connectivity index (χ2v) is 5.98. The van der Waals surface area contributed by atoms with Gasteiger partial charge in [-0.2, -0.15) is 0 Å². The molecule has 0 aromatic rings. The Kier molecular flexibility index (Phi) is 6.41. The molecule has 2 fully saturated rings. The molecular formula is C15H31N3O3+2. The van der Waals surface area contributed by atoms with E-state index in [4.69, 9.17) is 9.47 Å². The maximum absolute atomic E-state index is 12.2. The zero-order valence-electron chi connectivity index (χ0n) is 13.5. The Hall–Kier alpha value is -0.690. The number of nitrogens with zero attached hydrogens (tertiary/aromatic N) is 1. The molecule has 2 aliphatic heterocycles. The number of nitrogens with two attached hydrogens (primary N) is 1. The van der Waals surface area contributed by atoms with Gasteiger partial charge in [0.25, 0.3) is 5.91 Å². The number of likely N-dealkylation sites (tertiary alicyclic amines) is 1. The summed E-state index contributed by atoms with van der Waals surface area (Å²) in [6.07, 6.45) is 1.62. The summed E-state index contributed by atoms with van der Waals surface area (Å²) in [6.45, 7) is 12.3. The monoisotopic (exact) mass is 301 g/mol. The van der Waals surface area contributed by atoms with Crippen LogP contribution in [-0.2, 0) is 14.3 Å². The van der Waals surface area contributed by atoms with Crippen LogP contribution in [0, 0.1) is 0 Å². The van der Waals surface area contributed by atoms with Crippen LogP contribution in [0.1, 0.15) is 26.7 Å². The Labute approximate surface area is 127 Å². The zero-order chi connectivity index (χ0) is 15.1. The van der Waals surface area contributed by atoms with Crippen molar-refractivity contribution in [3.63, 3.8) is 0 Å². The van der Waals surface area contributed by atoms with E-state index >= 15 is 0 Å². The number of rotatable bonds is 7. The van der Waals surface area contributed by atoms with Gasteiger partial charge in [0.15, 0.2) is 12.3 Å². The first kappa shape index (κ1) is 16.7. The van der Waals surface area contributed by atoms with Gasteiger partial charge < -0.3 is 24.6 Å². The molecule has 2 aliphatic rings. The van der Waals surface area contributed by atoms with E-state index < -0.39 is 0 Å². The lowest BCUT2D eigenvalue weighted by Crippen LogP contribution is -3.14. The highest BCUT2D eigenvalue weighted by Gasteiger charge is 2.40. The third-order valence-corrected chi connectivity index (χ3v) is 4.71. The third-order valence-electron chi connectivity index (χ3n) is 4.71. The van der Waals surface area contributed by atoms with Crippen LogP contribution in [0.4, 0.5) is 0 Å². The zero-order valence-corrected chi connectivity index (χ0v) is 13.5. The third kappa shape index (κ3) is 4.64. The van der Waals surface area contributed by atoms with Gasteiger partial charge in [0.1, 0.15) is 13.1 Å². The number of likely N-dealkylation sites (N-methyl/N-ethyl adjacent to an activating group) is 1. The number of hydrogen-bond donors (Lipinski definition) is 2. The van der Waals surface area contributed by atoms with Crippen LogP contribution in [0.3, 0.4) is 0 Å². The largest absolute Gasteiger partial charge is 0.347 e. The summed E-state index contributed by atoms with van der Waals surface area (Å²) >= 11 is 0. The van der Waals surface area contributed by atoms with E-state index in [0.717, 1.165) is 52.1 Å². The SMILES string of the molecule is CC[NH+](CC)CC[NH2+]CC(=O)N1CCC2(CC1)OCCO2. The highest BCUT2D eigenvalue weighted by atomic mass is 16.7. The molecule has 2 heterocycles. The lowest BCUT2D eigenvalue weighted by molar-refractivity contribution is -0.908. The minimum Gasteiger partial charge on any atom is -0.347 e. The second-order valence-electron chi connectivity index (χ2n) is 5.98. The minimum absolute atomic E-state index is 0.248. The van der Waals surface area contributed by atoms with E-state index in [1.54, 1.807) is 4.90 Å².